The van der Waals surface area contributed by atoms with E-state index in [0.717, 1.165) is 12.0 Å². The lowest BCUT2D eigenvalue weighted by Crippen LogP contribution is -2.42. The molecular formula is C11H18N4O. The number of oxime groups is 1. The fraction of sp³-hybridized carbons (Fsp3) is 0.455. The lowest BCUT2D eigenvalue weighted by molar-refractivity contribution is 0.313. The number of aromatic nitrogens is 1. The summed E-state index contributed by atoms with van der Waals surface area (Å²) in [4.78, 5) is 4.05. The first kappa shape index (κ1) is 12.4. The van der Waals surface area contributed by atoms with E-state index in [1.54, 1.807) is 12.4 Å². The van der Waals surface area contributed by atoms with E-state index in [1.807, 2.05) is 26.0 Å². The predicted octanol–water partition coefficient (Wildman–Crippen LogP) is 1.26. The molecule has 0 fully saturated rings. The van der Waals surface area contributed by atoms with Gasteiger partial charge in [0.25, 0.3) is 0 Å². The largest absolute Gasteiger partial charge is 0.409 e. The molecule has 0 saturated heterocycles. The van der Waals surface area contributed by atoms with E-state index >= 15 is 0 Å². The smallest absolute Gasteiger partial charge is 0.156 e. The van der Waals surface area contributed by atoms with Crippen LogP contribution in [0.2, 0.25) is 0 Å². The van der Waals surface area contributed by atoms with Crippen molar-refractivity contribution in [3.8, 4) is 0 Å². The summed E-state index contributed by atoms with van der Waals surface area (Å²) in [7, 11) is 0. The summed E-state index contributed by atoms with van der Waals surface area (Å²) in [5.41, 5.74) is 6.65. The molecule has 0 aliphatic carbocycles. The van der Waals surface area contributed by atoms with Crippen LogP contribution in [-0.4, -0.2) is 22.1 Å². The third-order valence-corrected chi connectivity index (χ3v) is 2.52. The second-order valence-corrected chi connectivity index (χ2v) is 3.66. The van der Waals surface area contributed by atoms with Gasteiger partial charge in [-0.2, -0.15) is 0 Å². The Morgan fingerprint density at radius 3 is 2.94 bits per heavy atom. The molecule has 0 aliphatic heterocycles. The van der Waals surface area contributed by atoms with Gasteiger partial charge in [0.1, 0.15) is 0 Å². The second-order valence-electron chi connectivity index (χ2n) is 3.66. The number of pyridine rings is 1. The van der Waals surface area contributed by atoms with Crippen LogP contribution in [0.15, 0.2) is 29.7 Å². The third kappa shape index (κ3) is 3.20. The molecule has 0 spiro atoms. The first-order valence-electron chi connectivity index (χ1n) is 5.32. The predicted molar refractivity (Wildman–Crippen MR) is 63.3 cm³/mol. The van der Waals surface area contributed by atoms with Gasteiger partial charge in [0.15, 0.2) is 5.84 Å². The third-order valence-electron chi connectivity index (χ3n) is 2.52. The van der Waals surface area contributed by atoms with Crippen LogP contribution in [-0.2, 0) is 0 Å². The fourth-order valence-corrected chi connectivity index (χ4v) is 1.51. The fourth-order valence-electron chi connectivity index (χ4n) is 1.51. The quantitative estimate of drug-likeness (QED) is 0.303. The lowest BCUT2D eigenvalue weighted by Gasteiger charge is -2.21. The van der Waals surface area contributed by atoms with E-state index in [1.165, 1.54) is 0 Å². The van der Waals surface area contributed by atoms with Gasteiger partial charge in [-0.25, -0.2) is 0 Å². The van der Waals surface area contributed by atoms with Crippen LogP contribution in [0, 0.1) is 0 Å². The molecule has 0 bridgehead atoms. The van der Waals surface area contributed by atoms with Gasteiger partial charge in [-0.1, -0.05) is 18.1 Å². The van der Waals surface area contributed by atoms with Crippen molar-refractivity contribution in [1.29, 1.82) is 0 Å². The topological polar surface area (TPSA) is 83.5 Å². The normalized spacial score (nSPS) is 15.8. The Kier molecular flexibility index (Phi) is 4.72. The highest BCUT2D eigenvalue weighted by Crippen LogP contribution is 2.11. The monoisotopic (exact) mass is 222 g/mol. The summed E-state index contributed by atoms with van der Waals surface area (Å²) in [5.74, 6) is 0.207. The van der Waals surface area contributed by atoms with Crippen LogP contribution in [0.3, 0.4) is 0 Å². The maximum atomic E-state index is 8.63. The molecule has 0 saturated carbocycles. The van der Waals surface area contributed by atoms with Crippen LogP contribution >= 0.6 is 0 Å². The van der Waals surface area contributed by atoms with E-state index < -0.39 is 0 Å². The Morgan fingerprint density at radius 2 is 2.44 bits per heavy atom. The molecule has 0 aromatic carbocycles. The molecular weight excluding hydrogens is 204 g/mol. The summed E-state index contributed by atoms with van der Waals surface area (Å²) < 4.78 is 0. The molecule has 0 aliphatic rings. The molecule has 2 atom stereocenters. The standard InChI is InChI=1S/C11H18N4O/c1-3-10(11(12)15-16)14-8(2)9-5-4-6-13-7-9/h4-8,10,14,16H,3H2,1-2H3,(H2,12,15)/t8-,10?/m0/s1. The Hall–Kier alpha value is -1.62. The number of hydrogen-bond donors (Lipinski definition) is 3. The van der Waals surface area contributed by atoms with Crippen LogP contribution in [0.25, 0.3) is 0 Å². The van der Waals surface area contributed by atoms with Crippen LogP contribution < -0.4 is 11.1 Å². The highest BCUT2D eigenvalue weighted by Gasteiger charge is 2.15. The maximum Gasteiger partial charge on any atom is 0.156 e. The Balaban J connectivity index is 2.66. The molecule has 1 heterocycles. The van der Waals surface area contributed by atoms with Crippen molar-refractivity contribution in [1.82, 2.24) is 10.3 Å². The zero-order valence-corrected chi connectivity index (χ0v) is 9.59. The van der Waals surface area contributed by atoms with Gasteiger partial charge in [-0.05, 0) is 25.0 Å². The van der Waals surface area contributed by atoms with Crippen molar-refractivity contribution in [2.75, 3.05) is 0 Å². The summed E-state index contributed by atoms with van der Waals surface area (Å²) in [6.45, 7) is 4.00. The minimum Gasteiger partial charge on any atom is -0.409 e. The Labute approximate surface area is 95.4 Å². The van der Waals surface area contributed by atoms with Gasteiger partial charge in [0.2, 0.25) is 0 Å². The maximum absolute atomic E-state index is 8.63. The van der Waals surface area contributed by atoms with Crippen molar-refractivity contribution in [3.05, 3.63) is 30.1 Å². The number of rotatable bonds is 5. The number of amidine groups is 1. The molecule has 1 rings (SSSR count). The Morgan fingerprint density at radius 1 is 1.69 bits per heavy atom. The molecule has 4 N–H and O–H groups in total. The van der Waals surface area contributed by atoms with E-state index in [-0.39, 0.29) is 17.9 Å². The van der Waals surface area contributed by atoms with Gasteiger partial charge >= 0.3 is 0 Å². The molecule has 0 amide bonds. The molecule has 1 aromatic rings. The molecule has 16 heavy (non-hydrogen) atoms. The van der Waals surface area contributed by atoms with Crippen molar-refractivity contribution in [3.63, 3.8) is 0 Å². The second kappa shape index (κ2) is 6.07. The highest BCUT2D eigenvalue weighted by molar-refractivity contribution is 5.85. The molecule has 5 nitrogen and oxygen atoms in total. The van der Waals surface area contributed by atoms with E-state index in [9.17, 15) is 0 Å². The summed E-state index contributed by atoms with van der Waals surface area (Å²) >= 11 is 0. The molecule has 1 aromatic heterocycles. The average molecular weight is 222 g/mol. The number of nitrogens with zero attached hydrogens (tertiary/aromatic N) is 2. The molecule has 88 valence electrons. The number of nitrogens with two attached hydrogens (primary N) is 1. The zero-order chi connectivity index (χ0) is 12.0. The average Bonchev–Trinajstić information content (AvgIpc) is 2.35. The Bertz CT molecular complexity index is 339. The first-order valence-corrected chi connectivity index (χ1v) is 5.32. The van der Waals surface area contributed by atoms with Gasteiger partial charge in [0.05, 0.1) is 6.04 Å². The van der Waals surface area contributed by atoms with E-state index in [0.29, 0.717) is 0 Å². The zero-order valence-electron chi connectivity index (χ0n) is 9.59. The SMILES string of the molecule is CCC(N[C@@H](C)c1cccnc1)/C(N)=N/O. The number of hydrogen-bond acceptors (Lipinski definition) is 4. The first-order chi connectivity index (χ1) is 7.69. The van der Waals surface area contributed by atoms with Crippen molar-refractivity contribution in [2.45, 2.75) is 32.4 Å². The minimum absolute atomic E-state index is 0.110. The van der Waals surface area contributed by atoms with Crippen molar-refractivity contribution >= 4 is 5.84 Å². The van der Waals surface area contributed by atoms with Gasteiger partial charge < -0.3 is 16.3 Å². The lowest BCUT2D eigenvalue weighted by atomic mass is 10.1. The van der Waals surface area contributed by atoms with Gasteiger partial charge in [0, 0.05) is 18.4 Å². The summed E-state index contributed by atoms with van der Waals surface area (Å²) in [5, 5.41) is 14.9. The van der Waals surface area contributed by atoms with Crippen molar-refractivity contribution < 1.29 is 5.21 Å². The minimum atomic E-state index is -0.125. The number of nitrogens with one attached hydrogen (secondary N) is 1. The van der Waals surface area contributed by atoms with Crippen LogP contribution in [0.1, 0.15) is 31.9 Å². The van der Waals surface area contributed by atoms with Crippen LogP contribution in [0.4, 0.5) is 0 Å². The molecule has 5 heteroatoms. The van der Waals surface area contributed by atoms with Gasteiger partial charge in [-0.3, -0.25) is 4.98 Å². The van der Waals surface area contributed by atoms with E-state index in [4.69, 9.17) is 10.9 Å². The van der Waals surface area contributed by atoms with E-state index in [2.05, 4.69) is 15.5 Å². The summed E-state index contributed by atoms with van der Waals surface area (Å²) in [6, 6.07) is 3.86. The molecule has 0 radical (unpaired) electrons. The molecule has 1 unspecified atom stereocenters. The van der Waals surface area contributed by atoms with Crippen LogP contribution in [0.5, 0.6) is 0 Å². The highest BCUT2D eigenvalue weighted by atomic mass is 16.4. The van der Waals surface area contributed by atoms with Gasteiger partial charge in [-0.15, -0.1) is 0 Å². The summed E-state index contributed by atoms with van der Waals surface area (Å²) in [6.07, 6.45) is 4.30. The van der Waals surface area contributed by atoms with Crippen molar-refractivity contribution in [2.24, 2.45) is 10.9 Å².